The molecule has 1 fully saturated rings. The summed E-state index contributed by atoms with van der Waals surface area (Å²) >= 11 is 0. The number of esters is 1. The van der Waals surface area contributed by atoms with Crippen molar-refractivity contribution in [3.8, 4) is 0 Å². The maximum Gasteiger partial charge on any atom is 0.354 e. The Morgan fingerprint density at radius 1 is 1.17 bits per heavy atom. The molecule has 0 aliphatic carbocycles. The number of methoxy groups -OCH3 is 1. The summed E-state index contributed by atoms with van der Waals surface area (Å²) in [4.78, 5) is 35.0. The lowest BCUT2D eigenvalue weighted by molar-refractivity contribution is -0.384. The second kappa shape index (κ2) is 12.2. The first-order valence-electron chi connectivity index (χ1n) is 12.1. The summed E-state index contributed by atoms with van der Waals surface area (Å²) < 4.78 is 4.93. The van der Waals surface area contributed by atoms with Crippen LogP contribution in [0.4, 0.5) is 11.4 Å². The molecule has 0 aromatic heterocycles. The van der Waals surface area contributed by atoms with Crippen molar-refractivity contribution in [3.63, 3.8) is 0 Å². The fourth-order valence-electron chi connectivity index (χ4n) is 4.35. The van der Waals surface area contributed by atoms with Crippen molar-refractivity contribution in [1.82, 2.24) is 10.3 Å². The third kappa shape index (κ3) is 6.39. The van der Waals surface area contributed by atoms with Crippen molar-refractivity contribution in [1.29, 1.82) is 0 Å². The number of hydrazone groups is 1. The van der Waals surface area contributed by atoms with Crippen LogP contribution in [0.25, 0.3) is 0 Å². The van der Waals surface area contributed by atoms with Crippen molar-refractivity contribution in [2.24, 2.45) is 15.1 Å². The van der Waals surface area contributed by atoms with E-state index in [0.29, 0.717) is 29.2 Å². The number of nitrogens with one attached hydrogen (secondary N) is 1. The standard InChI is InChI=1S/C26H30N6O4/c1-36-26(33)23(11-8-16-31-14-6-3-7-15-31)29-30-24-18-27-25(19-9-4-2-5-10-19)21-17-20(32(34)35)12-13-22(21)28-24/h2,4-5,9-10,12-13,17H,3,6-8,11,14-16,18H2,1H3,(H,28,30). The van der Waals surface area contributed by atoms with Gasteiger partial charge in [-0.1, -0.05) is 36.8 Å². The molecule has 188 valence electrons. The normalized spacial score (nSPS) is 16.3. The molecule has 2 aromatic carbocycles. The number of carbonyl (C=O) groups is 1. The van der Waals surface area contributed by atoms with Crippen LogP contribution in [0, 0.1) is 10.1 Å². The van der Waals surface area contributed by atoms with Crippen LogP contribution in [0.3, 0.4) is 0 Å². The molecule has 0 radical (unpaired) electrons. The summed E-state index contributed by atoms with van der Waals surface area (Å²) in [5.74, 6) is -0.0617. The minimum atomic E-state index is -0.486. The van der Waals surface area contributed by atoms with E-state index < -0.39 is 10.9 Å². The Bertz CT molecular complexity index is 1190. The van der Waals surface area contributed by atoms with E-state index in [1.807, 2.05) is 30.3 Å². The predicted octanol–water partition coefficient (Wildman–Crippen LogP) is 3.86. The Kier molecular flexibility index (Phi) is 8.51. The Morgan fingerprint density at radius 2 is 1.94 bits per heavy atom. The smallest absolute Gasteiger partial charge is 0.354 e. The van der Waals surface area contributed by atoms with Crippen LogP contribution in [0.15, 0.2) is 63.6 Å². The number of fused-ring (bicyclic) bond motifs is 1. The molecular formula is C26H30N6O4. The minimum Gasteiger partial charge on any atom is -0.464 e. The van der Waals surface area contributed by atoms with Crippen LogP contribution in [0.5, 0.6) is 0 Å². The Balaban J connectivity index is 1.55. The number of aliphatic imine (C=N–C) groups is 2. The van der Waals surface area contributed by atoms with Gasteiger partial charge in [0.15, 0.2) is 0 Å². The van der Waals surface area contributed by atoms with Crippen molar-refractivity contribution >= 4 is 34.6 Å². The van der Waals surface area contributed by atoms with E-state index in [0.717, 1.165) is 31.6 Å². The van der Waals surface area contributed by atoms with Crippen LogP contribution < -0.4 is 5.43 Å². The summed E-state index contributed by atoms with van der Waals surface area (Å²) in [6.45, 7) is 3.27. The number of benzene rings is 2. The number of piperidine rings is 1. The summed E-state index contributed by atoms with van der Waals surface area (Å²) in [5.41, 5.74) is 5.67. The molecule has 0 amide bonds. The highest BCUT2D eigenvalue weighted by Gasteiger charge is 2.20. The average molecular weight is 491 g/mol. The number of non-ortho nitro benzene ring substituents is 1. The van der Waals surface area contributed by atoms with Crippen LogP contribution >= 0.6 is 0 Å². The van der Waals surface area contributed by atoms with Crippen LogP contribution in [0.2, 0.25) is 0 Å². The summed E-state index contributed by atoms with van der Waals surface area (Å²) in [6, 6.07) is 14.0. The van der Waals surface area contributed by atoms with Gasteiger partial charge in [0, 0.05) is 29.7 Å². The molecular weight excluding hydrogens is 460 g/mol. The first kappa shape index (κ1) is 25.2. The number of carbonyl (C=O) groups excluding carboxylic acids is 1. The van der Waals surface area contributed by atoms with Crippen molar-refractivity contribution in [2.75, 3.05) is 33.3 Å². The highest BCUT2D eigenvalue weighted by atomic mass is 16.6. The number of nitro groups is 1. The van der Waals surface area contributed by atoms with Crippen molar-refractivity contribution < 1.29 is 14.5 Å². The van der Waals surface area contributed by atoms with Gasteiger partial charge in [0.05, 0.1) is 30.0 Å². The lowest BCUT2D eigenvalue weighted by atomic mass is 10.00. The zero-order chi connectivity index (χ0) is 25.3. The van der Waals surface area contributed by atoms with Crippen LogP contribution in [-0.4, -0.2) is 66.3 Å². The summed E-state index contributed by atoms with van der Waals surface area (Å²) in [5, 5.41) is 15.7. The number of hydrogen-bond acceptors (Lipinski definition) is 9. The number of rotatable bonds is 8. The van der Waals surface area contributed by atoms with E-state index in [1.54, 1.807) is 6.07 Å². The zero-order valence-electron chi connectivity index (χ0n) is 20.4. The van der Waals surface area contributed by atoms with Gasteiger partial charge in [-0.05, 0) is 45.0 Å². The maximum absolute atomic E-state index is 12.3. The van der Waals surface area contributed by atoms with E-state index in [2.05, 4.69) is 20.4 Å². The predicted molar refractivity (Wildman–Crippen MR) is 139 cm³/mol. The van der Waals surface area contributed by atoms with Crippen molar-refractivity contribution in [2.45, 2.75) is 32.1 Å². The maximum atomic E-state index is 12.3. The van der Waals surface area contributed by atoms with Gasteiger partial charge in [-0.2, -0.15) is 5.10 Å². The SMILES string of the molecule is COC(=O)C(CCCN1CCCCC1)=NNC1=Nc2ccc([N+](=O)[O-])cc2C(c2ccccc2)=NC1. The molecule has 2 aliphatic rings. The zero-order valence-corrected chi connectivity index (χ0v) is 20.4. The van der Waals surface area contributed by atoms with Gasteiger partial charge < -0.3 is 9.64 Å². The van der Waals surface area contributed by atoms with Gasteiger partial charge in [-0.3, -0.25) is 20.5 Å². The molecule has 36 heavy (non-hydrogen) atoms. The highest BCUT2D eigenvalue weighted by Crippen LogP contribution is 2.29. The molecule has 10 nitrogen and oxygen atoms in total. The number of amidine groups is 1. The first-order chi connectivity index (χ1) is 17.5. The van der Waals surface area contributed by atoms with Gasteiger partial charge in [-0.15, -0.1) is 0 Å². The Labute approximate surface area is 209 Å². The molecule has 2 aromatic rings. The quantitative estimate of drug-likeness (QED) is 0.260. The van der Waals surface area contributed by atoms with Gasteiger partial charge in [0.1, 0.15) is 11.5 Å². The molecule has 4 rings (SSSR count). The van der Waals surface area contributed by atoms with Crippen LogP contribution in [-0.2, 0) is 9.53 Å². The monoisotopic (exact) mass is 490 g/mol. The third-order valence-electron chi connectivity index (χ3n) is 6.21. The number of likely N-dealkylation sites (tertiary alicyclic amines) is 1. The van der Waals surface area contributed by atoms with Crippen molar-refractivity contribution in [3.05, 3.63) is 69.8 Å². The van der Waals surface area contributed by atoms with Gasteiger partial charge >= 0.3 is 5.97 Å². The van der Waals surface area contributed by atoms with Crippen LogP contribution in [0.1, 0.15) is 43.2 Å². The van der Waals surface area contributed by atoms with E-state index in [1.165, 1.54) is 38.5 Å². The largest absolute Gasteiger partial charge is 0.464 e. The number of nitrogens with zero attached hydrogens (tertiary/aromatic N) is 5. The van der Waals surface area contributed by atoms with Gasteiger partial charge in [0.25, 0.3) is 5.69 Å². The molecule has 0 unspecified atom stereocenters. The molecule has 2 aliphatic heterocycles. The summed E-state index contributed by atoms with van der Waals surface area (Å²) in [7, 11) is 1.34. The first-order valence-corrected chi connectivity index (χ1v) is 12.1. The lowest BCUT2D eigenvalue weighted by Gasteiger charge is -2.26. The second-order valence-corrected chi connectivity index (χ2v) is 8.72. The fourth-order valence-corrected chi connectivity index (χ4v) is 4.35. The Hall–Kier alpha value is -3.92. The molecule has 0 atom stereocenters. The molecule has 2 heterocycles. The highest BCUT2D eigenvalue weighted by molar-refractivity contribution is 6.36. The number of nitro benzene ring substituents is 1. The van der Waals surface area contributed by atoms with Gasteiger partial charge in [-0.25, -0.2) is 9.79 Å². The molecule has 0 spiro atoms. The topological polar surface area (TPSA) is 122 Å². The van der Waals surface area contributed by atoms with E-state index in [4.69, 9.17) is 9.73 Å². The Morgan fingerprint density at radius 3 is 2.67 bits per heavy atom. The molecule has 0 bridgehead atoms. The van der Waals surface area contributed by atoms with E-state index in [9.17, 15) is 14.9 Å². The molecule has 0 saturated carbocycles. The third-order valence-corrected chi connectivity index (χ3v) is 6.21. The molecule has 10 heteroatoms. The second-order valence-electron chi connectivity index (χ2n) is 8.72. The minimum absolute atomic E-state index is 0.0382. The fraction of sp³-hybridized carbons (Fsp3) is 0.385. The summed E-state index contributed by atoms with van der Waals surface area (Å²) in [6.07, 6.45) is 4.99. The van der Waals surface area contributed by atoms with E-state index >= 15 is 0 Å². The molecule has 1 saturated heterocycles. The average Bonchev–Trinajstić information content (AvgIpc) is 3.10. The lowest BCUT2D eigenvalue weighted by Crippen LogP contribution is -2.31. The van der Waals surface area contributed by atoms with Gasteiger partial charge in [0.2, 0.25) is 0 Å². The molecule has 1 N–H and O–H groups in total. The van der Waals surface area contributed by atoms with E-state index in [-0.39, 0.29) is 17.9 Å². The number of hydrogen-bond donors (Lipinski definition) is 1. The number of ether oxygens (including phenoxy) is 1.